The molecule has 174 valence electrons. The van der Waals surface area contributed by atoms with Crippen LogP contribution in [0.15, 0.2) is 77.2 Å². The van der Waals surface area contributed by atoms with Gasteiger partial charge in [0.15, 0.2) is 11.7 Å². The van der Waals surface area contributed by atoms with Gasteiger partial charge in [0, 0.05) is 30.4 Å². The Labute approximate surface area is 191 Å². The van der Waals surface area contributed by atoms with Gasteiger partial charge in [0.25, 0.3) is 0 Å². The van der Waals surface area contributed by atoms with Crippen LogP contribution in [0.1, 0.15) is 23.4 Å². The van der Waals surface area contributed by atoms with Crippen LogP contribution in [0, 0.1) is 11.6 Å². The van der Waals surface area contributed by atoms with E-state index in [0.29, 0.717) is 16.8 Å². The van der Waals surface area contributed by atoms with Gasteiger partial charge >= 0.3 is 6.18 Å². The molecule has 0 aliphatic rings. The SMILES string of the molecule is O=C(CCc1nc(-c2cccc(F)c2)c(-c2cccc(F)c2)o1)Cc1cccc(C(F)(F)F)c1. The van der Waals surface area contributed by atoms with Crippen molar-refractivity contribution in [3.63, 3.8) is 0 Å². The Balaban J connectivity index is 1.54. The maximum absolute atomic E-state index is 13.8. The Bertz CT molecular complexity index is 1260. The molecule has 0 bridgehead atoms. The van der Waals surface area contributed by atoms with Crippen molar-refractivity contribution in [2.45, 2.75) is 25.4 Å². The Morgan fingerprint density at radius 3 is 2.18 bits per heavy atom. The number of ketones is 1. The molecular weight excluding hydrogens is 453 g/mol. The first-order valence-electron chi connectivity index (χ1n) is 10.4. The zero-order valence-electron chi connectivity index (χ0n) is 17.7. The molecule has 0 spiro atoms. The molecule has 34 heavy (non-hydrogen) atoms. The third-order valence-electron chi connectivity index (χ3n) is 5.13. The van der Waals surface area contributed by atoms with Gasteiger partial charge in [-0.3, -0.25) is 4.79 Å². The maximum Gasteiger partial charge on any atom is 0.416 e. The van der Waals surface area contributed by atoms with E-state index in [0.717, 1.165) is 12.1 Å². The number of carbonyl (C=O) groups excluding carboxylic acids is 1. The minimum absolute atomic E-state index is 0.0259. The molecule has 0 fully saturated rings. The molecule has 0 saturated heterocycles. The van der Waals surface area contributed by atoms with E-state index >= 15 is 0 Å². The number of benzene rings is 3. The Hall–Kier alpha value is -3.81. The average molecular weight is 471 g/mol. The maximum atomic E-state index is 13.8. The molecule has 0 radical (unpaired) electrons. The number of hydrogen-bond acceptors (Lipinski definition) is 3. The van der Waals surface area contributed by atoms with E-state index in [9.17, 15) is 26.7 Å². The van der Waals surface area contributed by atoms with Crippen LogP contribution in [-0.4, -0.2) is 10.8 Å². The zero-order chi connectivity index (χ0) is 24.3. The molecule has 1 heterocycles. The predicted octanol–water partition coefficient (Wildman–Crippen LogP) is 7.05. The van der Waals surface area contributed by atoms with Crippen LogP contribution in [0.2, 0.25) is 0 Å². The fourth-order valence-electron chi connectivity index (χ4n) is 3.55. The molecule has 0 amide bonds. The summed E-state index contributed by atoms with van der Waals surface area (Å²) >= 11 is 0. The van der Waals surface area contributed by atoms with Crippen molar-refractivity contribution in [3.8, 4) is 22.6 Å². The van der Waals surface area contributed by atoms with Crippen molar-refractivity contribution in [1.82, 2.24) is 4.98 Å². The number of halogens is 5. The zero-order valence-corrected chi connectivity index (χ0v) is 17.7. The van der Waals surface area contributed by atoms with Crippen molar-refractivity contribution >= 4 is 5.78 Å². The average Bonchev–Trinajstić information content (AvgIpc) is 3.22. The molecule has 0 N–H and O–H groups in total. The number of carbonyl (C=O) groups is 1. The monoisotopic (exact) mass is 471 g/mol. The number of rotatable bonds is 7. The largest absolute Gasteiger partial charge is 0.440 e. The molecule has 0 saturated carbocycles. The molecule has 8 heteroatoms. The Morgan fingerprint density at radius 1 is 0.853 bits per heavy atom. The highest BCUT2D eigenvalue weighted by atomic mass is 19.4. The van der Waals surface area contributed by atoms with E-state index in [1.165, 1.54) is 48.5 Å². The second kappa shape index (κ2) is 9.59. The van der Waals surface area contributed by atoms with Gasteiger partial charge in [0.05, 0.1) is 5.56 Å². The lowest BCUT2D eigenvalue weighted by Crippen LogP contribution is -2.08. The first-order valence-corrected chi connectivity index (χ1v) is 10.4. The van der Waals surface area contributed by atoms with Gasteiger partial charge in [-0.25, -0.2) is 13.8 Å². The molecule has 0 atom stereocenters. The van der Waals surface area contributed by atoms with Gasteiger partial charge in [0.2, 0.25) is 0 Å². The van der Waals surface area contributed by atoms with Crippen molar-refractivity contribution in [1.29, 1.82) is 0 Å². The van der Waals surface area contributed by atoms with E-state index in [2.05, 4.69) is 4.98 Å². The lowest BCUT2D eigenvalue weighted by molar-refractivity contribution is -0.137. The second-order valence-corrected chi connectivity index (χ2v) is 7.72. The fourth-order valence-corrected chi connectivity index (χ4v) is 3.55. The molecule has 1 aromatic heterocycles. The lowest BCUT2D eigenvalue weighted by atomic mass is 10.0. The number of alkyl halides is 3. The summed E-state index contributed by atoms with van der Waals surface area (Å²) in [5, 5.41) is 0. The third kappa shape index (κ3) is 5.57. The molecule has 3 aromatic carbocycles. The second-order valence-electron chi connectivity index (χ2n) is 7.72. The summed E-state index contributed by atoms with van der Waals surface area (Å²) in [7, 11) is 0. The number of nitrogens with zero attached hydrogens (tertiary/aromatic N) is 1. The molecule has 4 aromatic rings. The quantitative estimate of drug-likeness (QED) is 0.271. The van der Waals surface area contributed by atoms with Crippen LogP contribution < -0.4 is 0 Å². The highest BCUT2D eigenvalue weighted by molar-refractivity contribution is 5.81. The summed E-state index contributed by atoms with van der Waals surface area (Å²) in [6, 6.07) is 16.0. The van der Waals surface area contributed by atoms with E-state index in [1.54, 1.807) is 12.1 Å². The normalized spacial score (nSPS) is 11.6. The smallest absolute Gasteiger partial charge is 0.416 e. The van der Waals surface area contributed by atoms with Gasteiger partial charge in [-0.05, 0) is 35.9 Å². The summed E-state index contributed by atoms with van der Waals surface area (Å²) in [6.07, 6.45) is -4.60. The van der Waals surface area contributed by atoms with Crippen LogP contribution in [-0.2, 0) is 23.8 Å². The fraction of sp³-hybridized carbons (Fsp3) is 0.154. The van der Waals surface area contributed by atoms with E-state index in [4.69, 9.17) is 4.42 Å². The standard InChI is InChI=1S/C26H18F5NO2/c27-20-8-2-5-17(14-20)24-25(18-6-3-9-21(28)15-18)34-23(32-24)11-10-22(33)13-16-4-1-7-19(12-16)26(29,30)31/h1-9,12,14-15H,10-11,13H2. The first-order chi connectivity index (χ1) is 16.2. The number of hydrogen-bond donors (Lipinski definition) is 0. The van der Waals surface area contributed by atoms with Crippen molar-refractivity contribution in [2.75, 3.05) is 0 Å². The predicted molar refractivity (Wildman–Crippen MR) is 116 cm³/mol. The lowest BCUT2D eigenvalue weighted by Gasteiger charge is -2.08. The Kier molecular flexibility index (Phi) is 6.58. The minimum Gasteiger partial charge on any atom is -0.440 e. The van der Waals surface area contributed by atoms with E-state index < -0.39 is 23.4 Å². The van der Waals surface area contributed by atoms with Crippen LogP contribution >= 0.6 is 0 Å². The van der Waals surface area contributed by atoms with Gasteiger partial charge in [-0.1, -0.05) is 42.5 Å². The third-order valence-corrected chi connectivity index (χ3v) is 5.13. The van der Waals surface area contributed by atoms with Crippen LogP contribution in [0.4, 0.5) is 22.0 Å². The summed E-state index contributed by atoms with van der Waals surface area (Å²) < 4.78 is 72.1. The van der Waals surface area contributed by atoms with Gasteiger partial charge in [-0.15, -0.1) is 0 Å². The highest BCUT2D eigenvalue weighted by Crippen LogP contribution is 2.34. The number of aromatic nitrogens is 1. The number of oxazole rings is 1. The molecule has 4 rings (SSSR count). The summed E-state index contributed by atoms with van der Waals surface area (Å²) in [6.45, 7) is 0. The topological polar surface area (TPSA) is 43.1 Å². The molecule has 0 unspecified atom stereocenters. The first kappa shape index (κ1) is 23.4. The minimum atomic E-state index is -4.49. The molecular formula is C26H18F5NO2. The van der Waals surface area contributed by atoms with Crippen LogP contribution in [0.3, 0.4) is 0 Å². The van der Waals surface area contributed by atoms with Crippen molar-refractivity contribution < 1.29 is 31.2 Å². The van der Waals surface area contributed by atoms with E-state index in [-0.39, 0.29) is 42.3 Å². The summed E-state index contributed by atoms with van der Waals surface area (Å²) in [5.41, 5.74) is 0.557. The van der Waals surface area contributed by atoms with E-state index in [1.807, 2.05) is 0 Å². The van der Waals surface area contributed by atoms with Crippen molar-refractivity contribution in [2.24, 2.45) is 0 Å². The molecule has 3 nitrogen and oxygen atoms in total. The summed E-state index contributed by atoms with van der Waals surface area (Å²) in [5.74, 6) is -0.862. The van der Waals surface area contributed by atoms with Gasteiger partial charge < -0.3 is 4.42 Å². The number of aryl methyl sites for hydroxylation is 1. The van der Waals surface area contributed by atoms with Crippen molar-refractivity contribution in [3.05, 3.63) is 101 Å². The number of Topliss-reactive ketones (excluding diaryl/α,β-unsaturated/α-hetero) is 1. The van der Waals surface area contributed by atoms with Gasteiger partial charge in [0.1, 0.15) is 23.1 Å². The van der Waals surface area contributed by atoms with Crippen LogP contribution in [0.5, 0.6) is 0 Å². The Morgan fingerprint density at radius 2 is 1.50 bits per heavy atom. The summed E-state index contributed by atoms with van der Waals surface area (Å²) in [4.78, 5) is 16.8. The highest BCUT2D eigenvalue weighted by Gasteiger charge is 2.30. The van der Waals surface area contributed by atoms with Gasteiger partial charge in [-0.2, -0.15) is 13.2 Å². The molecule has 0 aliphatic heterocycles. The molecule has 0 aliphatic carbocycles. The van der Waals surface area contributed by atoms with Crippen LogP contribution in [0.25, 0.3) is 22.6 Å².